The van der Waals surface area contributed by atoms with Gasteiger partial charge < -0.3 is 0 Å². The van der Waals surface area contributed by atoms with E-state index in [9.17, 15) is 0 Å². The van der Waals surface area contributed by atoms with E-state index >= 15 is 0 Å². The zero-order valence-electron chi connectivity index (χ0n) is 12.8. The molecule has 0 bridgehead atoms. The van der Waals surface area contributed by atoms with E-state index in [2.05, 4.69) is 59.4 Å². The van der Waals surface area contributed by atoms with E-state index in [0.29, 0.717) is 0 Å². The number of hydrogen-bond acceptors (Lipinski definition) is 2. The van der Waals surface area contributed by atoms with Crippen molar-refractivity contribution >= 4 is 28.1 Å². The summed E-state index contributed by atoms with van der Waals surface area (Å²) in [5, 5.41) is 1.18. The molecular weight excluding hydrogens is 300 g/mol. The lowest BCUT2D eigenvalue weighted by molar-refractivity contribution is 1.25. The predicted octanol–water partition coefficient (Wildman–Crippen LogP) is 5.23. The number of aromatic nitrogens is 1. The van der Waals surface area contributed by atoms with Gasteiger partial charge in [0, 0.05) is 5.39 Å². The Balaban J connectivity index is 1.97. The third-order valence-electron chi connectivity index (χ3n) is 3.79. The van der Waals surface area contributed by atoms with Crippen LogP contribution in [0.3, 0.4) is 0 Å². The van der Waals surface area contributed by atoms with Gasteiger partial charge in [-0.3, -0.25) is 3.96 Å². The maximum Gasteiger partial charge on any atom is 0.143 e. The van der Waals surface area contributed by atoms with E-state index < -0.39 is 0 Å². The van der Waals surface area contributed by atoms with Crippen LogP contribution in [0.5, 0.6) is 0 Å². The minimum absolute atomic E-state index is 0.982. The summed E-state index contributed by atoms with van der Waals surface area (Å²) in [5.74, 6) is 0. The Morgan fingerprint density at radius 3 is 2.26 bits per heavy atom. The molecule has 0 radical (unpaired) electrons. The summed E-state index contributed by atoms with van der Waals surface area (Å²) in [4.78, 5) is 4.83. The van der Waals surface area contributed by atoms with Crippen LogP contribution in [-0.2, 0) is 0 Å². The minimum Gasteiger partial charge on any atom is -0.264 e. The van der Waals surface area contributed by atoms with E-state index in [-0.39, 0.29) is 0 Å². The van der Waals surface area contributed by atoms with Crippen LogP contribution < -0.4 is 4.67 Å². The molecule has 23 heavy (non-hydrogen) atoms. The van der Waals surface area contributed by atoms with Crippen molar-refractivity contribution in [2.24, 2.45) is 4.99 Å². The monoisotopic (exact) mass is 316 g/mol. The van der Waals surface area contributed by atoms with Crippen molar-refractivity contribution in [3.05, 3.63) is 89.1 Å². The smallest absolute Gasteiger partial charge is 0.143 e. The molecule has 0 spiro atoms. The summed E-state index contributed by atoms with van der Waals surface area (Å²) in [6, 6.07) is 27.1. The second kappa shape index (κ2) is 5.86. The largest absolute Gasteiger partial charge is 0.264 e. The van der Waals surface area contributed by atoms with Crippen molar-refractivity contribution in [2.75, 3.05) is 0 Å². The highest BCUT2D eigenvalue weighted by atomic mass is 32.1. The Labute approximate surface area is 139 Å². The molecule has 3 heteroatoms. The van der Waals surface area contributed by atoms with Crippen molar-refractivity contribution in [3.8, 4) is 5.69 Å². The highest BCUT2D eigenvalue weighted by Crippen LogP contribution is 2.21. The number of benzene rings is 3. The molecule has 0 amide bonds. The van der Waals surface area contributed by atoms with Gasteiger partial charge in [-0.15, -0.1) is 0 Å². The van der Waals surface area contributed by atoms with Crippen LogP contribution in [0, 0.1) is 6.92 Å². The normalized spacial score (nSPS) is 12.0. The highest BCUT2D eigenvalue weighted by molar-refractivity contribution is 7.05. The first-order chi connectivity index (χ1) is 11.3. The second-order valence-electron chi connectivity index (χ2n) is 5.49. The number of hydrogen-bond donors (Lipinski definition) is 0. The minimum atomic E-state index is 0.982. The molecule has 0 unspecified atom stereocenters. The zero-order chi connectivity index (χ0) is 15.6. The van der Waals surface area contributed by atoms with Crippen molar-refractivity contribution in [1.29, 1.82) is 0 Å². The van der Waals surface area contributed by atoms with Crippen LogP contribution in [0.4, 0.5) is 5.69 Å². The first-order valence-corrected chi connectivity index (χ1v) is 8.36. The first-order valence-electron chi connectivity index (χ1n) is 7.59. The van der Waals surface area contributed by atoms with E-state index in [4.69, 9.17) is 4.99 Å². The first kappa shape index (κ1) is 14.0. The predicted molar refractivity (Wildman–Crippen MR) is 97.6 cm³/mol. The molecule has 0 aliphatic carbocycles. The average Bonchev–Trinajstić information content (AvgIpc) is 2.95. The van der Waals surface area contributed by atoms with Crippen LogP contribution in [0.2, 0.25) is 0 Å². The Kier molecular flexibility index (Phi) is 3.56. The Morgan fingerprint density at radius 2 is 1.48 bits per heavy atom. The molecule has 0 saturated heterocycles. The van der Waals surface area contributed by atoms with Crippen LogP contribution in [0.15, 0.2) is 83.9 Å². The molecule has 1 heterocycles. The van der Waals surface area contributed by atoms with Gasteiger partial charge in [0.15, 0.2) is 0 Å². The quantitative estimate of drug-likeness (QED) is 0.481. The molecular formula is C20H16N2S. The topological polar surface area (TPSA) is 17.3 Å². The van der Waals surface area contributed by atoms with Gasteiger partial charge in [-0.2, -0.15) is 0 Å². The van der Waals surface area contributed by atoms with Crippen LogP contribution >= 0.6 is 11.5 Å². The van der Waals surface area contributed by atoms with E-state index in [1.165, 1.54) is 22.2 Å². The third kappa shape index (κ3) is 2.71. The van der Waals surface area contributed by atoms with Crippen molar-refractivity contribution in [1.82, 2.24) is 3.96 Å². The van der Waals surface area contributed by atoms with Gasteiger partial charge in [-0.25, -0.2) is 4.99 Å². The van der Waals surface area contributed by atoms with Gasteiger partial charge in [0.2, 0.25) is 0 Å². The SMILES string of the molecule is Cc1ccc(-n2sc(=Nc3ccccc3)c3ccccc32)cc1. The van der Waals surface area contributed by atoms with Crippen molar-refractivity contribution in [3.63, 3.8) is 0 Å². The second-order valence-corrected chi connectivity index (χ2v) is 6.43. The standard InChI is InChI=1S/C20H16N2S/c1-15-11-13-17(14-12-15)22-19-10-6-5-9-18(19)20(23-22)21-16-7-3-2-4-8-16/h2-14H,1H3. The fraction of sp³-hybridized carbons (Fsp3) is 0.0500. The molecule has 4 rings (SSSR count). The van der Waals surface area contributed by atoms with Gasteiger partial charge in [0.25, 0.3) is 0 Å². The van der Waals surface area contributed by atoms with Gasteiger partial charge in [0.05, 0.1) is 16.9 Å². The molecule has 0 aliphatic heterocycles. The van der Waals surface area contributed by atoms with Gasteiger partial charge in [-0.05, 0) is 54.9 Å². The van der Waals surface area contributed by atoms with Gasteiger partial charge in [-0.1, -0.05) is 48.0 Å². The molecule has 1 aromatic heterocycles. The Morgan fingerprint density at radius 1 is 0.783 bits per heavy atom. The molecule has 0 saturated carbocycles. The third-order valence-corrected chi connectivity index (χ3v) is 4.86. The number of fused-ring (bicyclic) bond motifs is 1. The summed E-state index contributed by atoms with van der Waals surface area (Å²) in [6.45, 7) is 2.11. The summed E-state index contributed by atoms with van der Waals surface area (Å²) in [5.41, 5.74) is 4.61. The number of para-hydroxylation sites is 2. The lowest BCUT2D eigenvalue weighted by Crippen LogP contribution is -1.91. The fourth-order valence-electron chi connectivity index (χ4n) is 2.59. The summed E-state index contributed by atoms with van der Waals surface area (Å²) in [7, 11) is 0. The molecule has 0 aliphatic rings. The molecule has 2 nitrogen and oxygen atoms in total. The van der Waals surface area contributed by atoms with Gasteiger partial charge >= 0.3 is 0 Å². The molecule has 0 atom stereocenters. The zero-order valence-corrected chi connectivity index (χ0v) is 13.6. The summed E-state index contributed by atoms with van der Waals surface area (Å²) < 4.78 is 3.28. The van der Waals surface area contributed by atoms with E-state index in [1.54, 1.807) is 11.5 Å². The van der Waals surface area contributed by atoms with Crippen molar-refractivity contribution < 1.29 is 0 Å². The number of aryl methyl sites for hydroxylation is 1. The van der Waals surface area contributed by atoms with E-state index in [0.717, 1.165) is 10.4 Å². The fourth-order valence-corrected chi connectivity index (χ4v) is 3.66. The summed E-state index contributed by atoms with van der Waals surface area (Å²) >= 11 is 1.68. The Hall–Kier alpha value is -2.65. The lowest BCUT2D eigenvalue weighted by atomic mass is 10.2. The van der Waals surface area contributed by atoms with Gasteiger partial charge in [0.1, 0.15) is 4.67 Å². The average molecular weight is 316 g/mol. The highest BCUT2D eigenvalue weighted by Gasteiger charge is 2.07. The van der Waals surface area contributed by atoms with Crippen molar-refractivity contribution in [2.45, 2.75) is 6.92 Å². The van der Waals surface area contributed by atoms with Crippen LogP contribution in [0.1, 0.15) is 5.56 Å². The molecule has 0 fully saturated rings. The lowest BCUT2D eigenvalue weighted by Gasteiger charge is -2.03. The maximum atomic E-state index is 4.83. The summed E-state index contributed by atoms with van der Waals surface area (Å²) in [6.07, 6.45) is 0. The number of rotatable bonds is 2. The Bertz CT molecular complexity index is 1010. The molecule has 112 valence electrons. The maximum absolute atomic E-state index is 4.83. The molecule has 3 aromatic carbocycles. The van der Waals surface area contributed by atoms with E-state index in [1.807, 2.05) is 30.3 Å². The van der Waals surface area contributed by atoms with Crippen LogP contribution in [0.25, 0.3) is 16.6 Å². The number of nitrogens with zero attached hydrogens (tertiary/aromatic N) is 2. The molecule has 4 aromatic rings. The molecule has 0 N–H and O–H groups in total. The van der Waals surface area contributed by atoms with Crippen LogP contribution in [-0.4, -0.2) is 3.96 Å².